The molecule has 0 spiro atoms. The standard InChI is InChI=1S/C22H26N4O3S2/c1-6-16-14(4)31-20(18(16)21(28)29-7-2)23-17(27)12-30-22-25-24-19(26(22)5)15-10-8-13(3)9-11-15/h8-11H,6-7,12H2,1-5H3,(H,23,27). The van der Waals surface area contributed by atoms with E-state index < -0.39 is 5.97 Å². The van der Waals surface area contributed by atoms with Gasteiger partial charge in [-0.1, -0.05) is 48.5 Å². The number of hydrogen-bond donors (Lipinski definition) is 1. The largest absolute Gasteiger partial charge is 0.462 e. The Morgan fingerprint density at radius 2 is 1.87 bits per heavy atom. The van der Waals surface area contributed by atoms with Crippen LogP contribution in [-0.4, -0.2) is 39.0 Å². The van der Waals surface area contributed by atoms with Crippen LogP contribution >= 0.6 is 23.1 Å². The number of ether oxygens (including phenoxy) is 1. The minimum atomic E-state index is -0.400. The van der Waals surface area contributed by atoms with Crippen LogP contribution in [0, 0.1) is 13.8 Å². The molecule has 1 N–H and O–H groups in total. The molecule has 9 heteroatoms. The summed E-state index contributed by atoms with van der Waals surface area (Å²) >= 11 is 2.70. The minimum Gasteiger partial charge on any atom is -0.462 e. The molecule has 164 valence electrons. The van der Waals surface area contributed by atoms with Crippen molar-refractivity contribution < 1.29 is 14.3 Å². The van der Waals surface area contributed by atoms with Crippen molar-refractivity contribution in [3.05, 3.63) is 45.8 Å². The molecule has 1 amide bonds. The Hall–Kier alpha value is -2.65. The van der Waals surface area contributed by atoms with Crippen LogP contribution in [0.2, 0.25) is 0 Å². The van der Waals surface area contributed by atoms with Crippen LogP contribution in [0.5, 0.6) is 0 Å². The maximum absolute atomic E-state index is 12.6. The molecule has 0 radical (unpaired) electrons. The number of rotatable bonds is 8. The van der Waals surface area contributed by atoms with Gasteiger partial charge in [-0.25, -0.2) is 4.79 Å². The van der Waals surface area contributed by atoms with E-state index in [1.165, 1.54) is 28.7 Å². The second-order valence-electron chi connectivity index (χ2n) is 6.98. The number of anilines is 1. The van der Waals surface area contributed by atoms with Crippen molar-refractivity contribution in [3.8, 4) is 11.4 Å². The fourth-order valence-corrected chi connectivity index (χ4v) is 5.06. The second kappa shape index (κ2) is 10.1. The lowest BCUT2D eigenvalue weighted by molar-refractivity contribution is -0.113. The molecular weight excluding hydrogens is 432 g/mol. The topological polar surface area (TPSA) is 86.1 Å². The molecular formula is C22H26N4O3S2. The van der Waals surface area contributed by atoms with E-state index in [9.17, 15) is 9.59 Å². The monoisotopic (exact) mass is 458 g/mol. The van der Waals surface area contributed by atoms with Gasteiger partial charge in [-0.3, -0.25) is 4.79 Å². The van der Waals surface area contributed by atoms with Crippen LogP contribution < -0.4 is 5.32 Å². The molecule has 0 bridgehead atoms. The molecule has 2 aromatic heterocycles. The molecule has 2 heterocycles. The van der Waals surface area contributed by atoms with Gasteiger partial charge in [-0.2, -0.15) is 0 Å². The lowest BCUT2D eigenvalue weighted by Crippen LogP contribution is -2.17. The molecule has 0 unspecified atom stereocenters. The number of nitrogens with one attached hydrogen (secondary N) is 1. The van der Waals surface area contributed by atoms with Gasteiger partial charge in [0.1, 0.15) is 5.00 Å². The smallest absolute Gasteiger partial charge is 0.341 e. The lowest BCUT2D eigenvalue weighted by Gasteiger charge is -2.08. The molecule has 0 saturated heterocycles. The highest BCUT2D eigenvalue weighted by Gasteiger charge is 2.23. The number of amides is 1. The molecule has 0 aliphatic rings. The van der Waals surface area contributed by atoms with Gasteiger partial charge >= 0.3 is 5.97 Å². The van der Waals surface area contributed by atoms with Crippen molar-refractivity contribution in [2.24, 2.45) is 7.05 Å². The third-order valence-electron chi connectivity index (χ3n) is 4.77. The Labute approximate surface area is 190 Å². The summed E-state index contributed by atoms with van der Waals surface area (Å²) < 4.78 is 7.06. The van der Waals surface area contributed by atoms with E-state index in [0.29, 0.717) is 22.1 Å². The number of benzene rings is 1. The van der Waals surface area contributed by atoms with Gasteiger partial charge < -0.3 is 14.6 Å². The molecule has 1 aromatic carbocycles. The molecule has 0 fully saturated rings. The fourth-order valence-electron chi connectivity index (χ4n) is 3.20. The lowest BCUT2D eigenvalue weighted by atomic mass is 10.1. The van der Waals surface area contributed by atoms with E-state index in [1.807, 2.05) is 56.7 Å². The number of aryl methyl sites for hydroxylation is 2. The molecule has 0 aliphatic heterocycles. The van der Waals surface area contributed by atoms with Gasteiger partial charge in [0.2, 0.25) is 5.91 Å². The first-order chi connectivity index (χ1) is 14.8. The van der Waals surface area contributed by atoms with Crippen LogP contribution in [0.4, 0.5) is 5.00 Å². The summed E-state index contributed by atoms with van der Waals surface area (Å²) in [7, 11) is 1.88. The molecule has 7 nitrogen and oxygen atoms in total. The van der Waals surface area contributed by atoms with Crippen LogP contribution in [0.1, 0.15) is 40.2 Å². The zero-order valence-corrected chi connectivity index (χ0v) is 19.9. The van der Waals surface area contributed by atoms with E-state index in [-0.39, 0.29) is 18.3 Å². The van der Waals surface area contributed by atoms with Crippen LogP contribution in [-0.2, 0) is 23.0 Å². The van der Waals surface area contributed by atoms with Gasteiger partial charge in [0, 0.05) is 17.5 Å². The highest BCUT2D eigenvalue weighted by molar-refractivity contribution is 7.99. The summed E-state index contributed by atoms with van der Waals surface area (Å²) in [6, 6.07) is 8.06. The quantitative estimate of drug-likeness (QED) is 0.391. The Morgan fingerprint density at radius 3 is 2.52 bits per heavy atom. The second-order valence-corrected chi connectivity index (χ2v) is 9.15. The number of thiophene rings is 1. The van der Waals surface area contributed by atoms with Crippen LogP contribution in [0.25, 0.3) is 11.4 Å². The number of esters is 1. The number of carbonyl (C=O) groups excluding carboxylic acids is 2. The third kappa shape index (κ3) is 5.16. The summed E-state index contributed by atoms with van der Waals surface area (Å²) in [5.41, 5.74) is 3.53. The van der Waals surface area contributed by atoms with Crippen LogP contribution in [0.15, 0.2) is 29.4 Å². The first-order valence-corrected chi connectivity index (χ1v) is 11.8. The molecule has 31 heavy (non-hydrogen) atoms. The van der Waals surface area contributed by atoms with Crippen molar-refractivity contribution in [2.45, 2.75) is 39.3 Å². The maximum atomic E-state index is 12.6. The fraction of sp³-hybridized carbons (Fsp3) is 0.364. The maximum Gasteiger partial charge on any atom is 0.341 e. The summed E-state index contributed by atoms with van der Waals surface area (Å²) in [4.78, 5) is 26.1. The first kappa shape index (κ1) is 23.0. The molecule has 3 aromatic rings. The van der Waals surface area contributed by atoms with Gasteiger partial charge in [0.25, 0.3) is 0 Å². The zero-order chi connectivity index (χ0) is 22.5. The van der Waals surface area contributed by atoms with Crippen molar-refractivity contribution >= 4 is 40.0 Å². The van der Waals surface area contributed by atoms with Crippen molar-refractivity contribution in [1.82, 2.24) is 14.8 Å². The Bertz CT molecular complexity index is 1090. The zero-order valence-electron chi connectivity index (χ0n) is 18.3. The van der Waals surface area contributed by atoms with E-state index in [0.717, 1.165) is 21.8 Å². The van der Waals surface area contributed by atoms with E-state index >= 15 is 0 Å². The number of nitrogens with zero attached hydrogens (tertiary/aromatic N) is 3. The average Bonchev–Trinajstić information content (AvgIpc) is 3.26. The molecule has 0 saturated carbocycles. The van der Waals surface area contributed by atoms with Crippen molar-refractivity contribution in [2.75, 3.05) is 17.7 Å². The number of hydrogen-bond acceptors (Lipinski definition) is 7. The SMILES string of the molecule is CCOC(=O)c1c(NC(=O)CSc2nnc(-c3ccc(C)cc3)n2C)sc(C)c1CC. The molecule has 0 aliphatic carbocycles. The van der Waals surface area contributed by atoms with Crippen molar-refractivity contribution in [3.63, 3.8) is 0 Å². The van der Waals surface area contributed by atoms with Crippen molar-refractivity contribution in [1.29, 1.82) is 0 Å². The van der Waals surface area contributed by atoms with Gasteiger partial charge in [-0.15, -0.1) is 21.5 Å². The normalized spacial score (nSPS) is 10.9. The summed E-state index contributed by atoms with van der Waals surface area (Å²) in [5.74, 6) is 0.289. The predicted molar refractivity (Wildman–Crippen MR) is 125 cm³/mol. The Morgan fingerprint density at radius 1 is 1.16 bits per heavy atom. The number of thioether (sulfide) groups is 1. The Kier molecular flexibility index (Phi) is 7.50. The first-order valence-electron chi connectivity index (χ1n) is 10.0. The number of carbonyl (C=O) groups is 2. The Balaban J connectivity index is 1.70. The van der Waals surface area contributed by atoms with Gasteiger partial charge in [-0.05, 0) is 32.8 Å². The highest BCUT2D eigenvalue weighted by Crippen LogP contribution is 2.34. The summed E-state index contributed by atoms with van der Waals surface area (Å²) in [6.45, 7) is 8.02. The van der Waals surface area contributed by atoms with E-state index in [2.05, 4.69) is 15.5 Å². The van der Waals surface area contributed by atoms with E-state index in [1.54, 1.807) is 6.92 Å². The summed E-state index contributed by atoms with van der Waals surface area (Å²) in [6.07, 6.45) is 0.696. The molecule has 0 atom stereocenters. The number of aromatic nitrogens is 3. The average molecular weight is 459 g/mol. The van der Waals surface area contributed by atoms with Gasteiger partial charge in [0.05, 0.1) is 17.9 Å². The highest BCUT2D eigenvalue weighted by atomic mass is 32.2. The minimum absolute atomic E-state index is 0.153. The third-order valence-corrected chi connectivity index (χ3v) is 6.86. The predicted octanol–water partition coefficient (Wildman–Crippen LogP) is 4.63. The van der Waals surface area contributed by atoms with Gasteiger partial charge in [0.15, 0.2) is 11.0 Å². The molecule has 3 rings (SSSR count). The van der Waals surface area contributed by atoms with E-state index in [4.69, 9.17) is 4.74 Å². The summed E-state index contributed by atoms with van der Waals surface area (Å²) in [5, 5.41) is 12.5. The van der Waals surface area contributed by atoms with Crippen LogP contribution in [0.3, 0.4) is 0 Å².